The van der Waals surface area contributed by atoms with Crippen LogP contribution in [0.4, 0.5) is 0 Å². The summed E-state index contributed by atoms with van der Waals surface area (Å²) in [5.41, 5.74) is 1.30. The SMILES string of the molecule is COc1ccc(CC(=O)O)c(C#CCCl)c1. The number of carboxylic acid groups (broad SMARTS) is 1. The molecule has 1 aromatic rings. The average Bonchev–Trinajstić information content (AvgIpc) is 2.27. The van der Waals surface area contributed by atoms with Gasteiger partial charge in [0.15, 0.2) is 0 Å². The Labute approximate surface area is 99.0 Å². The van der Waals surface area contributed by atoms with Crippen LogP contribution in [0.15, 0.2) is 18.2 Å². The highest BCUT2D eigenvalue weighted by Crippen LogP contribution is 2.17. The van der Waals surface area contributed by atoms with E-state index in [1.54, 1.807) is 25.3 Å². The average molecular weight is 239 g/mol. The molecular weight excluding hydrogens is 228 g/mol. The van der Waals surface area contributed by atoms with Crippen LogP contribution in [0.1, 0.15) is 11.1 Å². The highest BCUT2D eigenvalue weighted by Gasteiger charge is 2.06. The van der Waals surface area contributed by atoms with Gasteiger partial charge in [0, 0.05) is 5.56 Å². The predicted octanol–water partition coefficient (Wildman–Crippen LogP) is 1.91. The molecule has 0 atom stereocenters. The highest BCUT2D eigenvalue weighted by atomic mass is 35.5. The monoisotopic (exact) mass is 238 g/mol. The van der Waals surface area contributed by atoms with Crippen molar-refractivity contribution < 1.29 is 14.6 Å². The molecule has 0 aromatic heterocycles. The fourth-order valence-electron chi connectivity index (χ4n) is 1.24. The van der Waals surface area contributed by atoms with Crippen LogP contribution in [0.5, 0.6) is 5.75 Å². The fourth-order valence-corrected chi connectivity index (χ4v) is 1.31. The molecule has 0 aliphatic heterocycles. The smallest absolute Gasteiger partial charge is 0.307 e. The molecule has 1 N–H and O–H groups in total. The highest BCUT2D eigenvalue weighted by molar-refractivity contribution is 6.19. The van der Waals surface area contributed by atoms with Crippen LogP contribution in [0.2, 0.25) is 0 Å². The van der Waals surface area contributed by atoms with Crippen LogP contribution in [-0.2, 0) is 11.2 Å². The van der Waals surface area contributed by atoms with Gasteiger partial charge in [-0.25, -0.2) is 0 Å². The Morgan fingerprint density at radius 3 is 2.88 bits per heavy atom. The molecule has 0 unspecified atom stereocenters. The number of alkyl halides is 1. The molecule has 1 aromatic carbocycles. The molecule has 0 fully saturated rings. The fraction of sp³-hybridized carbons (Fsp3) is 0.250. The van der Waals surface area contributed by atoms with E-state index in [9.17, 15) is 4.79 Å². The first kappa shape index (κ1) is 12.4. The van der Waals surface area contributed by atoms with Crippen LogP contribution in [0.25, 0.3) is 0 Å². The van der Waals surface area contributed by atoms with Crippen molar-refractivity contribution in [1.82, 2.24) is 0 Å². The summed E-state index contributed by atoms with van der Waals surface area (Å²) in [6, 6.07) is 5.12. The maximum Gasteiger partial charge on any atom is 0.307 e. The van der Waals surface area contributed by atoms with Crippen molar-refractivity contribution in [2.45, 2.75) is 6.42 Å². The number of hydrogen-bond acceptors (Lipinski definition) is 2. The van der Waals surface area contributed by atoms with Crippen LogP contribution in [0, 0.1) is 11.8 Å². The van der Waals surface area contributed by atoms with Gasteiger partial charge >= 0.3 is 5.97 Å². The quantitative estimate of drug-likeness (QED) is 0.646. The molecule has 0 amide bonds. The van der Waals surface area contributed by atoms with E-state index < -0.39 is 5.97 Å². The second-order valence-electron chi connectivity index (χ2n) is 3.03. The molecule has 0 heterocycles. The summed E-state index contributed by atoms with van der Waals surface area (Å²) >= 11 is 5.46. The van der Waals surface area contributed by atoms with Crippen molar-refractivity contribution in [2.24, 2.45) is 0 Å². The van der Waals surface area contributed by atoms with Gasteiger partial charge in [-0.15, -0.1) is 11.6 Å². The standard InChI is InChI=1S/C12H11ClO3/c1-16-11-5-4-10(8-12(14)15)9(7-11)3-2-6-13/h4-5,7H,6,8H2,1H3,(H,14,15). The lowest BCUT2D eigenvalue weighted by molar-refractivity contribution is -0.136. The number of hydrogen-bond donors (Lipinski definition) is 1. The first-order valence-electron chi connectivity index (χ1n) is 4.61. The van der Waals surface area contributed by atoms with E-state index in [2.05, 4.69) is 11.8 Å². The molecule has 0 saturated heterocycles. The van der Waals surface area contributed by atoms with E-state index in [1.165, 1.54) is 0 Å². The minimum absolute atomic E-state index is 0.0592. The van der Waals surface area contributed by atoms with E-state index in [1.807, 2.05) is 0 Å². The molecule has 0 saturated carbocycles. The molecule has 4 heteroatoms. The molecule has 84 valence electrons. The van der Waals surface area contributed by atoms with Gasteiger partial charge in [-0.2, -0.15) is 0 Å². The van der Waals surface area contributed by atoms with Gasteiger partial charge in [0.05, 0.1) is 19.4 Å². The summed E-state index contributed by atoms with van der Waals surface area (Å²) in [5, 5.41) is 8.74. The molecule has 0 aliphatic carbocycles. The third-order valence-corrected chi connectivity index (χ3v) is 2.08. The third kappa shape index (κ3) is 3.48. The van der Waals surface area contributed by atoms with Crippen LogP contribution in [0.3, 0.4) is 0 Å². The Morgan fingerprint density at radius 1 is 1.56 bits per heavy atom. The summed E-state index contributed by atoms with van der Waals surface area (Å²) in [5.74, 6) is 5.48. The maximum atomic E-state index is 10.6. The number of ether oxygens (including phenoxy) is 1. The zero-order chi connectivity index (χ0) is 12.0. The molecule has 0 bridgehead atoms. The lowest BCUT2D eigenvalue weighted by atomic mass is 10.0. The van der Waals surface area contributed by atoms with E-state index in [0.29, 0.717) is 16.9 Å². The minimum Gasteiger partial charge on any atom is -0.497 e. The van der Waals surface area contributed by atoms with Gasteiger partial charge in [-0.3, -0.25) is 4.79 Å². The third-order valence-electron chi connectivity index (χ3n) is 1.95. The summed E-state index contributed by atoms with van der Waals surface area (Å²) in [6.07, 6.45) is -0.0592. The number of carbonyl (C=O) groups is 1. The summed E-state index contributed by atoms with van der Waals surface area (Å²) in [6.45, 7) is 0. The Hall–Kier alpha value is -1.66. The van der Waals surface area contributed by atoms with Crippen molar-refractivity contribution >= 4 is 17.6 Å². The number of benzene rings is 1. The van der Waals surface area contributed by atoms with Crippen molar-refractivity contribution in [1.29, 1.82) is 0 Å². The van der Waals surface area contributed by atoms with Gasteiger partial charge in [0.25, 0.3) is 0 Å². The Kier molecular flexibility index (Phi) is 4.68. The van der Waals surface area contributed by atoms with Crippen LogP contribution < -0.4 is 4.74 Å². The molecule has 3 nitrogen and oxygen atoms in total. The van der Waals surface area contributed by atoms with Crippen molar-refractivity contribution in [3.05, 3.63) is 29.3 Å². The largest absolute Gasteiger partial charge is 0.497 e. The number of carboxylic acids is 1. The molecular formula is C12H11ClO3. The Balaban J connectivity index is 3.10. The Bertz CT molecular complexity index is 443. The zero-order valence-corrected chi connectivity index (χ0v) is 9.54. The number of aliphatic carboxylic acids is 1. The van der Waals surface area contributed by atoms with Gasteiger partial charge in [-0.1, -0.05) is 17.9 Å². The summed E-state index contributed by atoms with van der Waals surface area (Å²) in [7, 11) is 1.55. The summed E-state index contributed by atoms with van der Waals surface area (Å²) < 4.78 is 5.05. The number of halogens is 1. The van der Waals surface area contributed by atoms with E-state index in [-0.39, 0.29) is 12.3 Å². The van der Waals surface area contributed by atoms with E-state index in [4.69, 9.17) is 21.4 Å². The molecule has 0 spiro atoms. The normalized spacial score (nSPS) is 9.12. The molecule has 0 aliphatic rings. The second kappa shape index (κ2) is 6.04. The zero-order valence-electron chi connectivity index (χ0n) is 8.79. The lowest BCUT2D eigenvalue weighted by Crippen LogP contribution is -2.02. The van der Waals surface area contributed by atoms with Crippen LogP contribution in [-0.4, -0.2) is 24.1 Å². The van der Waals surface area contributed by atoms with Gasteiger partial charge < -0.3 is 9.84 Å². The van der Waals surface area contributed by atoms with Crippen molar-refractivity contribution in [3.63, 3.8) is 0 Å². The van der Waals surface area contributed by atoms with Crippen molar-refractivity contribution in [3.8, 4) is 17.6 Å². The Morgan fingerprint density at radius 2 is 2.31 bits per heavy atom. The van der Waals surface area contributed by atoms with Gasteiger partial charge in [0.2, 0.25) is 0 Å². The minimum atomic E-state index is -0.890. The van der Waals surface area contributed by atoms with Crippen LogP contribution >= 0.6 is 11.6 Å². The summed E-state index contributed by atoms with van der Waals surface area (Å²) in [4.78, 5) is 10.6. The predicted molar refractivity (Wildman–Crippen MR) is 61.9 cm³/mol. The molecule has 16 heavy (non-hydrogen) atoms. The topological polar surface area (TPSA) is 46.5 Å². The number of methoxy groups -OCH3 is 1. The first-order chi connectivity index (χ1) is 7.67. The second-order valence-corrected chi connectivity index (χ2v) is 3.30. The molecule has 0 radical (unpaired) electrons. The first-order valence-corrected chi connectivity index (χ1v) is 5.14. The van der Waals surface area contributed by atoms with Crippen molar-refractivity contribution in [2.75, 3.05) is 13.0 Å². The van der Waals surface area contributed by atoms with Gasteiger partial charge in [-0.05, 0) is 17.7 Å². The van der Waals surface area contributed by atoms with Gasteiger partial charge in [0.1, 0.15) is 5.75 Å². The van der Waals surface area contributed by atoms with E-state index in [0.717, 1.165) is 0 Å². The molecule has 1 rings (SSSR count). The maximum absolute atomic E-state index is 10.6. The number of rotatable bonds is 3. The lowest BCUT2D eigenvalue weighted by Gasteiger charge is -2.04. The van der Waals surface area contributed by atoms with E-state index >= 15 is 0 Å².